The largest absolute Gasteiger partial charge is 0.467 e. The molecule has 0 bridgehead atoms. The summed E-state index contributed by atoms with van der Waals surface area (Å²) >= 11 is 0. The van der Waals surface area contributed by atoms with Gasteiger partial charge >= 0.3 is 11.9 Å². The van der Waals surface area contributed by atoms with E-state index in [1.54, 1.807) is 24.3 Å². The molecular weight excluding hydrogens is 390 g/mol. The predicted molar refractivity (Wildman–Crippen MR) is 104 cm³/mol. The zero-order valence-electron chi connectivity index (χ0n) is 17.6. The molecule has 0 spiro atoms. The average molecular weight is 417 g/mol. The van der Waals surface area contributed by atoms with E-state index in [0.717, 1.165) is 0 Å². The van der Waals surface area contributed by atoms with Gasteiger partial charge in [0.1, 0.15) is 18.9 Å². The number of methoxy groups -OCH3 is 1. The van der Waals surface area contributed by atoms with Gasteiger partial charge in [-0.25, -0.2) is 9.59 Å². The summed E-state index contributed by atoms with van der Waals surface area (Å²) in [5.41, 5.74) is -1.25. The normalized spacial score (nSPS) is 32.7. The third-order valence-corrected chi connectivity index (χ3v) is 6.06. The average Bonchev–Trinajstić information content (AvgIpc) is 3.38. The van der Waals surface area contributed by atoms with Gasteiger partial charge in [-0.05, 0) is 18.6 Å². The molecule has 3 saturated heterocycles. The number of rotatable bonds is 4. The van der Waals surface area contributed by atoms with Crippen molar-refractivity contribution in [1.82, 2.24) is 4.90 Å². The Kier molecular flexibility index (Phi) is 5.10. The number of carbonyl (C=O) groups is 3. The monoisotopic (exact) mass is 417 g/mol. The highest BCUT2D eigenvalue weighted by Gasteiger charge is 2.73. The molecule has 3 aliphatic heterocycles. The summed E-state index contributed by atoms with van der Waals surface area (Å²) in [6.45, 7) is 5.90. The molecule has 1 amide bonds. The summed E-state index contributed by atoms with van der Waals surface area (Å²) in [5, 5.41) is 0. The lowest BCUT2D eigenvalue weighted by molar-refractivity contribution is -0.165. The van der Waals surface area contributed by atoms with E-state index >= 15 is 0 Å². The third kappa shape index (κ3) is 3.09. The Balaban J connectivity index is 1.52. The van der Waals surface area contributed by atoms with Gasteiger partial charge < -0.3 is 18.9 Å². The van der Waals surface area contributed by atoms with E-state index in [2.05, 4.69) is 0 Å². The molecule has 1 aromatic rings. The van der Waals surface area contributed by atoms with Gasteiger partial charge in [0.2, 0.25) is 5.91 Å². The van der Waals surface area contributed by atoms with Crippen LogP contribution in [0, 0.1) is 11.3 Å². The Morgan fingerprint density at radius 3 is 2.57 bits per heavy atom. The number of hydrogen-bond acceptors (Lipinski definition) is 7. The number of esters is 2. The maximum absolute atomic E-state index is 13.3. The highest BCUT2D eigenvalue weighted by molar-refractivity contribution is 5.96. The number of carbonyl (C=O) groups excluding carboxylic acids is 3. The Bertz CT molecular complexity index is 849. The van der Waals surface area contributed by atoms with Crippen molar-refractivity contribution in [3.63, 3.8) is 0 Å². The van der Waals surface area contributed by atoms with Crippen LogP contribution in [-0.2, 0) is 28.5 Å². The molecule has 0 aliphatic carbocycles. The van der Waals surface area contributed by atoms with Crippen LogP contribution in [0.3, 0.4) is 0 Å². The van der Waals surface area contributed by atoms with Gasteiger partial charge in [0, 0.05) is 5.41 Å². The summed E-state index contributed by atoms with van der Waals surface area (Å²) in [7, 11) is 1.30. The maximum Gasteiger partial charge on any atom is 0.338 e. The molecule has 0 unspecified atom stereocenters. The van der Waals surface area contributed by atoms with Crippen molar-refractivity contribution in [1.29, 1.82) is 0 Å². The van der Waals surface area contributed by atoms with Gasteiger partial charge in [-0.3, -0.25) is 9.69 Å². The van der Waals surface area contributed by atoms with Gasteiger partial charge in [0.15, 0.2) is 5.54 Å². The van der Waals surface area contributed by atoms with Crippen LogP contribution in [0.15, 0.2) is 30.3 Å². The van der Waals surface area contributed by atoms with Crippen molar-refractivity contribution < 1.29 is 33.3 Å². The highest BCUT2D eigenvalue weighted by Crippen LogP contribution is 2.51. The van der Waals surface area contributed by atoms with Crippen LogP contribution >= 0.6 is 0 Å². The van der Waals surface area contributed by atoms with Crippen LogP contribution in [0.25, 0.3) is 0 Å². The summed E-state index contributed by atoms with van der Waals surface area (Å²) in [5.74, 6) is -1.68. The van der Waals surface area contributed by atoms with Crippen LogP contribution in [-0.4, -0.2) is 67.0 Å². The SMILES string of the molecule is COC(=O)[C@]12CO[C@H](C(C)(C)C)N1C(=O)[C@@H]1C[C@@H](COC(=O)c3ccccc3)O[C@@H]12. The highest BCUT2D eigenvalue weighted by atomic mass is 16.6. The molecule has 0 radical (unpaired) electrons. The minimum absolute atomic E-state index is 0.00875. The fraction of sp³-hybridized carbons (Fsp3) is 0.591. The minimum Gasteiger partial charge on any atom is -0.467 e. The van der Waals surface area contributed by atoms with Crippen molar-refractivity contribution in [3.05, 3.63) is 35.9 Å². The molecule has 30 heavy (non-hydrogen) atoms. The van der Waals surface area contributed by atoms with Gasteiger partial charge in [-0.2, -0.15) is 0 Å². The summed E-state index contributed by atoms with van der Waals surface area (Å²) in [4.78, 5) is 39.9. The Labute approximate surface area is 175 Å². The predicted octanol–water partition coefficient (Wildman–Crippen LogP) is 1.77. The van der Waals surface area contributed by atoms with Crippen LogP contribution in [0.5, 0.6) is 0 Å². The van der Waals surface area contributed by atoms with Gasteiger partial charge in [-0.15, -0.1) is 0 Å². The molecule has 3 heterocycles. The van der Waals surface area contributed by atoms with E-state index in [4.69, 9.17) is 18.9 Å². The topological polar surface area (TPSA) is 91.4 Å². The number of fused-ring (bicyclic) bond motifs is 3. The number of nitrogens with zero attached hydrogens (tertiary/aromatic N) is 1. The van der Waals surface area contributed by atoms with Crippen molar-refractivity contribution >= 4 is 17.8 Å². The Hall–Kier alpha value is -2.45. The third-order valence-electron chi connectivity index (χ3n) is 6.06. The van der Waals surface area contributed by atoms with Gasteiger partial charge in [0.25, 0.3) is 0 Å². The fourth-order valence-corrected chi connectivity index (χ4v) is 4.73. The number of ether oxygens (including phenoxy) is 4. The molecular formula is C22H27NO7. The first kappa shape index (κ1) is 20.8. The lowest BCUT2D eigenvalue weighted by atomic mass is 9.88. The molecule has 5 atom stereocenters. The summed E-state index contributed by atoms with van der Waals surface area (Å²) in [6.07, 6.45) is -1.36. The second-order valence-corrected chi connectivity index (χ2v) is 9.14. The van der Waals surface area contributed by atoms with Crippen LogP contribution < -0.4 is 0 Å². The molecule has 8 nitrogen and oxygen atoms in total. The minimum atomic E-state index is -1.31. The zero-order chi connectivity index (χ0) is 21.7. The molecule has 3 fully saturated rings. The fourth-order valence-electron chi connectivity index (χ4n) is 4.73. The van der Waals surface area contributed by atoms with Crippen LogP contribution in [0.2, 0.25) is 0 Å². The molecule has 8 heteroatoms. The van der Waals surface area contributed by atoms with Gasteiger partial charge in [-0.1, -0.05) is 39.0 Å². The molecule has 0 saturated carbocycles. The molecule has 0 aromatic heterocycles. The first-order chi connectivity index (χ1) is 14.2. The maximum atomic E-state index is 13.3. The molecule has 3 aliphatic rings. The second kappa shape index (κ2) is 7.35. The van der Waals surface area contributed by atoms with E-state index in [-0.39, 0.29) is 24.5 Å². The molecule has 0 N–H and O–H groups in total. The first-order valence-electron chi connectivity index (χ1n) is 10.1. The standard InChI is InChI=1S/C22H27NO7/c1-21(2,3)19-23-17(24)15-10-14(11-28-18(25)13-8-6-5-7-9-13)30-16(15)22(23,12-29-19)20(26)27-4/h5-9,14-16,19H,10-12H2,1-4H3/t14-,15+,16-,19+,22+/m0/s1. The van der Waals surface area contributed by atoms with Crippen molar-refractivity contribution in [3.8, 4) is 0 Å². The smallest absolute Gasteiger partial charge is 0.338 e. The lowest BCUT2D eigenvalue weighted by Gasteiger charge is -2.37. The van der Waals surface area contributed by atoms with E-state index in [9.17, 15) is 14.4 Å². The van der Waals surface area contributed by atoms with Crippen molar-refractivity contribution in [2.75, 3.05) is 20.3 Å². The summed E-state index contributed by atoms with van der Waals surface area (Å²) in [6, 6.07) is 8.67. The van der Waals surface area contributed by atoms with Crippen LogP contribution in [0.1, 0.15) is 37.6 Å². The number of amides is 1. The number of benzene rings is 1. The Morgan fingerprint density at radius 1 is 1.23 bits per heavy atom. The van der Waals surface area contributed by atoms with Gasteiger partial charge in [0.05, 0.1) is 31.3 Å². The van der Waals surface area contributed by atoms with Crippen molar-refractivity contribution in [2.45, 2.75) is 51.2 Å². The molecule has 4 rings (SSSR count). The quantitative estimate of drug-likeness (QED) is 0.690. The zero-order valence-corrected chi connectivity index (χ0v) is 17.6. The van der Waals surface area contributed by atoms with E-state index < -0.39 is 41.8 Å². The van der Waals surface area contributed by atoms with E-state index in [1.165, 1.54) is 12.0 Å². The molecule has 1 aromatic carbocycles. The molecule has 162 valence electrons. The first-order valence-corrected chi connectivity index (χ1v) is 10.1. The second-order valence-electron chi connectivity index (χ2n) is 9.14. The summed E-state index contributed by atoms with van der Waals surface area (Å²) < 4.78 is 22.5. The Morgan fingerprint density at radius 2 is 1.93 bits per heavy atom. The lowest BCUT2D eigenvalue weighted by Crippen LogP contribution is -2.60. The van der Waals surface area contributed by atoms with Crippen LogP contribution in [0.4, 0.5) is 0 Å². The van der Waals surface area contributed by atoms with Crippen molar-refractivity contribution in [2.24, 2.45) is 11.3 Å². The number of hydrogen-bond donors (Lipinski definition) is 0. The van der Waals surface area contributed by atoms with E-state index in [1.807, 2.05) is 26.8 Å². The van der Waals surface area contributed by atoms with E-state index in [0.29, 0.717) is 12.0 Å².